The van der Waals surface area contributed by atoms with E-state index in [1.165, 1.54) is 0 Å². The van der Waals surface area contributed by atoms with Gasteiger partial charge in [-0.25, -0.2) is 19.9 Å². The van der Waals surface area contributed by atoms with E-state index in [2.05, 4.69) is 25.3 Å². The number of hydrogen-bond acceptors (Lipinski definition) is 7. The van der Waals surface area contributed by atoms with Crippen LogP contribution in [0.15, 0.2) is 12.4 Å². The minimum Gasteiger partial charge on any atom is -0.388 e. The first-order chi connectivity index (χ1) is 13.2. The van der Waals surface area contributed by atoms with Crippen LogP contribution in [0.3, 0.4) is 0 Å². The molecule has 0 aromatic carbocycles. The van der Waals surface area contributed by atoms with Gasteiger partial charge in [-0.2, -0.15) is 0 Å². The van der Waals surface area contributed by atoms with Gasteiger partial charge in [0.2, 0.25) is 5.91 Å². The molecule has 0 unspecified atom stereocenters. The average Bonchev–Trinajstić information content (AvgIpc) is 3.39. The molecule has 2 saturated carbocycles. The van der Waals surface area contributed by atoms with E-state index < -0.39 is 5.41 Å². The molecule has 27 heavy (non-hydrogen) atoms. The Morgan fingerprint density at radius 1 is 1.22 bits per heavy atom. The van der Waals surface area contributed by atoms with E-state index in [0.29, 0.717) is 29.1 Å². The van der Waals surface area contributed by atoms with Crippen molar-refractivity contribution >= 4 is 23.2 Å². The van der Waals surface area contributed by atoms with Crippen LogP contribution < -0.4 is 10.2 Å². The van der Waals surface area contributed by atoms with Crippen molar-refractivity contribution in [1.29, 1.82) is 0 Å². The maximum Gasteiger partial charge on any atom is 0.243 e. The summed E-state index contributed by atoms with van der Waals surface area (Å²) in [6.07, 6.45) is 9.27. The van der Waals surface area contributed by atoms with Gasteiger partial charge in [0.15, 0.2) is 5.82 Å². The second-order valence-corrected chi connectivity index (χ2v) is 7.60. The van der Waals surface area contributed by atoms with Crippen LogP contribution in [0, 0.1) is 0 Å². The number of nitrogens with zero attached hydrogens (tertiary/aromatic N) is 5. The highest BCUT2D eigenvalue weighted by atomic mass is 16.3. The monoisotopic (exact) mass is 366 g/mol. The van der Waals surface area contributed by atoms with Gasteiger partial charge >= 0.3 is 0 Å². The van der Waals surface area contributed by atoms with Gasteiger partial charge in [-0.1, -0.05) is 12.8 Å². The molecule has 2 fully saturated rings. The Morgan fingerprint density at radius 3 is 2.52 bits per heavy atom. The molecule has 5 rings (SSSR count). The van der Waals surface area contributed by atoms with Crippen LogP contribution in [0.1, 0.15) is 61.7 Å². The predicted octanol–water partition coefficient (Wildman–Crippen LogP) is 2.17. The molecule has 2 N–H and O–H groups in total. The topological polar surface area (TPSA) is 104 Å². The maximum absolute atomic E-state index is 13.6. The number of amides is 1. The van der Waals surface area contributed by atoms with Crippen molar-refractivity contribution in [2.75, 3.05) is 17.3 Å². The molecule has 0 bridgehead atoms. The molecule has 140 valence electrons. The van der Waals surface area contributed by atoms with Crippen LogP contribution in [0.25, 0.3) is 0 Å². The average molecular weight is 366 g/mol. The van der Waals surface area contributed by atoms with Crippen molar-refractivity contribution in [3.8, 4) is 0 Å². The quantitative estimate of drug-likeness (QED) is 0.854. The first kappa shape index (κ1) is 16.6. The molecule has 3 heterocycles. The Bertz CT molecular complexity index is 903. The van der Waals surface area contributed by atoms with E-state index in [4.69, 9.17) is 0 Å². The van der Waals surface area contributed by atoms with Crippen LogP contribution in [-0.4, -0.2) is 38.0 Å². The molecule has 8 heteroatoms. The highest BCUT2D eigenvalue weighted by Gasteiger charge is 2.55. The first-order valence-corrected chi connectivity index (χ1v) is 9.54. The van der Waals surface area contributed by atoms with Gasteiger partial charge in [0.25, 0.3) is 0 Å². The summed E-state index contributed by atoms with van der Waals surface area (Å²) in [5.41, 5.74) is 0.867. The Balaban J connectivity index is 1.67. The lowest BCUT2D eigenvalue weighted by atomic mass is 9.80. The fraction of sp³-hybridized carbons (Fsp3) is 0.526. The van der Waals surface area contributed by atoms with E-state index in [1.807, 2.05) is 0 Å². The summed E-state index contributed by atoms with van der Waals surface area (Å²) < 4.78 is 0. The summed E-state index contributed by atoms with van der Waals surface area (Å²) >= 11 is 0. The number of carbonyl (C=O) groups is 1. The molecular weight excluding hydrogens is 344 g/mol. The SMILES string of the molecule is CNc1nc(CO)nc2c1C1(CCCC1)C(=O)N2c1cnc(C2CC2)nc1. The standard InChI is InChI=1S/C19H22N6O2/c1-20-16-14-17(24-13(10-26)23-16)25(18(27)19(14)6-2-3-7-19)12-8-21-15(22-9-12)11-4-5-11/h8-9,11,26H,2-7,10H2,1H3,(H,20,23,24). The summed E-state index contributed by atoms with van der Waals surface area (Å²) in [5.74, 6) is 2.78. The van der Waals surface area contributed by atoms with Gasteiger partial charge in [-0.15, -0.1) is 0 Å². The molecule has 0 radical (unpaired) electrons. The predicted molar refractivity (Wildman–Crippen MR) is 98.8 cm³/mol. The van der Waals surface area contributed by atoms with Gasteiger partial charge in [-0.3, -0.25) is 9.69 Å². The molecule has 1 spiro atoms. The molecule has 0 atom stereocenters. The molecule has 0 saturated heterocycles. The molecule has 2 aromatic heterocycles. The highest BCUT2D eigenvalue weighted by Crippen LogP contribution is 2.54. The number of aliphatic hydroxyl groups is 1. The smallest absolute Gasteiger partial charge is 0.243 e. The van der Waals surface area contributed by atoms with Crippen LogP contribution in [0.2, 0.25) is 0 Å². The Kier molecular flexibility index (Phi) is 3.65. The number of anilines is 3. The molecule has 3 aliphatic rings. The zero-order valence-electron chi connectivity index (χ0n) is 15.3. The van der Waals surface area contributed by atoms with Crippen molar-refractivity contribution in [1.82, 2.24) is 19.9 Å². The fourth-order valence-corrected chi connectivity index (χ4v) is 4.45. The Hall–Kier alpha value is -2.61. The molecule has 2 aromatic rings. The Labute approximate surface area is 157 Å². The van der Waals surface area contributed by atoms with Crippen molar-refractivity contribution < 1.29 is 9.90 Å². The largest absolute Gasteiger partial charge is 0.388 e. The van der Waals surface area contributed by atoms with Gasteiger partial charge in [0.05, 0.1) is 29.1 Å². The third-order valence-electron chi connectivity index (χ3n) is 5.93. The number of fused-ring (bicyclic) bond motifs is 2. The van der Waals surface area contributed by atoms with Crippen LogP contribution in [-0.2, 0) is 16.8 Å². The summed E-state index contributed by atoms with van der Waals surface area (Å²) in [6.45, 7) is -0.284. The van der Waals surface area contributed by atoms with Crippen molar-refractivity contribution in [2.45, 2.75) is 56.5 Å². The molecule has 2 aliphatic carbocycles. The summed E-state index contributed by atoms with van der Waals surface area (Å²) in [4.78, 5) is 33.1. The van der Waals surface area contributed by atoms with Gasteiger partial charge in [0.1, 0.15) is 24.1 Å². The molecule has 1 aliphatic heterocycles. The van der Waals surface area contributed by atoms with Crippen LogP contribution in [0.4, 0.5) is 17.3 Å². The minimum atomic E-state index is -0.600. The second-order valence-electron chi connectivity index (χ2n) is 7.60. The second kappa shape index (κ2) is 5.95. The Morgan fingerprint density at radius 2 is 1.93 bits per heavy atom. The fourth-order valence-electron chi connectivity index (χ4n) is 4.45. The van der Waals surface area contributed by atoms with E-state index in [1.54, 1.807) is 24.3 Å². The number of aromatic nitrogens is 4. The molecular formula is C19H22N6O2. The van der Waals surface area contributed by atoms with Crippen molar-refractivity contribution in [2.24, 2.45) is 0 Å². The van der Waals surface area contributed by atoms with Crippen molar-refractivity contribution in [3.63, 3.8) is 0 Å². The molecule has 8 nitrogen and oxygen atoms in total. The van der Waals surface area contributed by atoms with Gasteiger partial charge in [-0.05, 0) is 25.7 Å². The first-order valence-electron chi connectivity index (χ1n) is 9.54. The number of nitrogens with one attached hydrogen (secondary N) is 1. The lowest BCUT2D eigenvalue weighted by Gasteiger charge is -2.23. The number of aliphatic hydroxyl groups excluding tert-OH is 1. The third kappa shape index (κ3) is 2.36. The zero-order chi connectivity index (χ0) is 18.6. The lowest BCUT2D eigenvalue weighted by Crippen LogP contribution is -2.36. The zero-order valence-corrected chi connectivity index (χ0v) is 15.3. The van der Waals surface area contributed by atoms with Crippen LogP contribution >= 0.6 is 0 Å². The van der Waals surface area contributed by atoms with E-state index in [-0.39, 0.29) is 12.5 Å². The van der Waals surface area contributed by atoms with Gasteiger partial charge < -0.3 is 10.4 Å². The maximum atomic E-state index is 13.6. The van der Waals surface area contributed by atoms with E-state index in [0.717, 1.165) is 49.9 Å². The van der Waals surface area contributed by atoms with Crippen molar-refractivity contribution in [3.05, 3.63) is 29.6 Å². The number of hydrogen-bond donors (Lipinski definition) is 2. The van der Waals surface area contributed by atoms with E-state index in [9.17, 15) is 9.90 Å². The minimum absolute atomic E-state index is 0.0126. The van der Waals surface area contributed by atoms with Crippen LogP contribution in [0.5, 0.6) is 0 Å². The normalized spacial score (nSPS) is 20.4. The summed E-state index contributed by atoms with van der Waals surface area (Å²) in [5, 5.41) is 12.7. The number of carbonyl (C=O) groups excluding carboxylic acids is 1. The lowest BCUT2D eigenvalue weighted by molar-refractivity contribution is -0.122. The molecule has 1 amide bonds. The summed E-state index contributed by atoms with van der Waals surface area (Å²) in [6, 6.07) is 0. The summed E-state index contributed by atoms with van der Waals surface area (Å²) in [7, 11) is 1.78. The van der Waals surface area contributed by atoms with E-state index >= 15 is 0 Å². The highest BCUT2D eigenvalue weighted by molar-refractivity contribution is 6.13. The van der Waals surface area contributed by atoms with Gasteiger partial charge in [0, 0.05) is 13.0 Å². The third-order valence-corrected chi connectivity index (χ3v) is 5.93. The number of rotatable bonds is 4.